The first kappa shape index (κ1) is 18.9. The van der Waals surface area contributed by atoms with Crippen LogP contribution in [-0.4, -0.2) is 30.2 Å². The average Bonchev–Trinajstić information content (AvgIpc) is 2.58. The first-order chi connectivity index (χ1) is 11.8. The van der Waals surface area contributed by atoms with Gasteiger partial charge in [-0.2, -0.15) is 0 Å². The number of carbonyl (C=O) groups excluding carboxylic acids is 2. The number of nitrogens with one attached hydrogen (secondary N) is 1. The Kier molecular flexibility index (Phi) is 6.12. The van der Waals surface area contributed by atoms with E-state index in [4.69, 9.17) is 27.9 Å². The van der Waals surface area contributed by atoms with E-state index in [0.29, 0.717) is 10.8 Å². The third-order valence-electron chi connectivity index (χ3n) is 3.24. The number of phenols is 1. The Morgan fingerprint density at radius 3 is 2.48 bits per heavy atom. The number of aromatic hydroxyl groups is 1. The van der Waals surface area contributed by atoms with E-state index >= 15 is 0 Å². The first-order valence-electron chi connectivity index (χ1n) is 7.15. The van der Waals surface area contributed by atoms with Crippen LogP contribution in [0.25, 0.3) is 0 Å². The Balaban J connectivity index is 2.07. The van der Waals surface area contributed by atoms with Gasteiger partial charge in [0.05, 0.1) is 23.4 Å². The van der Waals surface area contributed by atoms with Crippen molar-refractivity contribution in [3.8, 4) is 11.5 Å². The molecule has 0 aliphatic heterocycles. The molecule has 2 aromatic carbocycles. The topological polar surface area (TPSA) is 84.9 Å². The van der Waals surface area contributed by atoms with Crippen molar-refractivity contribution in [1.82, 2.24) is 0 Å². The standard InChI is InChI=1S/C17H15Cl2NO5/c1-9(25-15-6-4-11(18)8-12(15)19)16(22)20-13-5-3-10(7-14(13)21)17(23)24-2/h3-9,21H,1-2H3,(H,20,22). The van der Waals surface area contributed by atoms with Gasteiger partial charge in [-0.15, -0.1) is 0 Å². The Morgan fingerprint density at radius 1 is 1.16 bits per heavy atom. The first-order valence-corrected chi connectivity index (χ1v) is 7.91. The molecule has 0 spiro atoms. The number of esters is 1. The van der Waals surface area contributed by atoms with E-state index in [9.17, 15) is 14.7 Å². The van der Waals surface area contributed by atoms with Crippen molar-refractivity contribution in [2.24, 2.45) is 0 Å². The highest BCUT2D eigenvalue weighted by molar-refractivity contribution is 6.35. The van der Waals surface area contributed by atoms with E-state index in [1.54, 1.807) is 12.1 Å². The van der Waals surface area contributed by atoms with Crippen molar-refractivity contribution < 1.29 is 24.2 Å². The Morgan fingerprint density at radius 2 is 1.88 bits per heavy atom. The molecule has 2 aromatic rings. The van der Waals surface area contributed by atoms with Crippen molar-refractivity contribution in [2.75, 3.05) is 12.4 Å². The number of benzene rings is 2. The highest BCUT2D eigenvalue weighted by Gasteiger charge is 2.18. The zero-order valence-corrected chi connectivity index (χ0v) is 14.9. The van der Waals surface area contributed by atoms with Crippen LogP contribution < -0.4 is 10.1 Å². The molecule has 25 heavy (non-hydrogen) atoms. The summed E-state index contributed by atoms with van der Waals surface area (Å²) in [5.41, 5.74) is 0.297. The maximum absolute atomic E-state index is 12.2. The summed E-state index contributed by atoms with van der Waals surface area (Å²) in [6.07, 6.45) is -0.890. The van der Waals surface area contributed by atoms with Crippen LogP contribution in [0.1, 0.15) is 17.3 Å². The smallest absolute Gasteiger partial charge is 0.337 e. The van der Waals surface area contributed by atoms with Gasteiger partial charge in [-0.05, 0) is 43.3 Å². The quantitative estimate of drug-likeness (QED) is 0.604. The summed E-state index contributed by atoms with van der Waals surface area (Å²) >= 11 is 11.8. The summed E-state index contributed by atoms with van der Waals surface area (Å²) in [4.78, 5) is 23.6. The summed E-state index contributed by atoms with van der Waals surface area (Å²) in [5, 5.41) is 13.2. The molecule has 0 radical (unpaired) electrons. The van der Waals surface area contributed by atoms with Gasteiger partial charge in [0.15, 0.2) is 6.10 Å². The van der Waals surface area contributed by atoms with Gasteiger partial charge in [0, 0.05) is 5.02 Å². The number of ether oxygens (including phenoxy) is 2. The lowest BCUT2D eigenvalue weighted by Gasteiger charge is -2.16. The number of rotatable bonds is 5. The molecule has 2 rings (SSSR count). The highest BCUT2D eigenvalue weighted by atomic mass is 35.5. The Labute approximate surface area is 154 Å². The minimum atomic E-state index is -0.890. The molecular weight excluding hydrogens is 369 g/mol. The van der Waals surface area contributed by atoms with Gasteiger partial charge in [-0.1, -0.05) is 23.2 Å². The van der Waals surface area contributed by atoms with Crippen molar-refractivity contribution in [3.05, 3.63) is 52.0 Å². The minimum Gasteiger partial charge on any atom is -0.506 e. The number of hydrogen-bond donors (Lipinski definition) is 2. The second-order valence-corrected chi connectivity index (χ2v) is 5.89. The second-order valence-electron chi connectivity index (χ2n) is 5.05. The Hall–Kier alpha value is -2.44. The van der Waals surface area contributed by atoms with Gasteiger partial charge < -0.3 is 19.9 Å². The molecule has 1 amide bonds. The van der Waals surface area contributed by atoms with Crippen molar-refractivity contribution in [1.29, 1.82) is 0 Å². The predicted molar refractivity (Wildman–Crippen MR) is 94.6 cm³/mol. The lowest BCUT2D eigenvalue weighted by atomic mass is 10.2. The van der Waals surface area contributed by atoms with Crippen LogP contribution in [0.5, 0.6) is 11.5 Å². The molecule has 0 fully saturated rings. The molecule has 1 atom stereocenters. The third-order valence-corrected chi connectivity index (χ3v) is 3.77. The number of carbonyl (C=O) groups is 2. The van der Waals surface area contributed by atoms with Gasteiger partial charge in [0.1, 0.15) is 11.5 Å². The van der Waals surface area contributed by atoms with E-state index in [-0.39, 0.29) is 22.0 Å². The molecule has 0 aliphatic rings. The van der Waals surface area contributed by atoms with Crippen LogP contribution in [0.3, 0.4) is 0 Å². The maximum atomic E-state index is 12.2. The van der Waals surface area contributed by atoms with Gasteiger partial charge in [0.25, 0.3) is 5.91 Å². The van der Waals surface area contributed by atoms with Crippen LogP contribution >= 0.6 is 23.2 Å². The molecule has 1 unspecified atom stereocenters. The monoisotopic (exact) mass is 383 g/mol. The minimum absolute atomic E-state index is 0.135. The molecule has 8 heteroatoms. The molecule has 6 nitrogen and oxygen atoms in total. The molecule has 0 bridgehead atoms. The lowest BCUT2D eigenvalue weighted by Crippen LogP contribution is -2.30. The molecule has 0 aromatic heterocycles. The van der Waals surface area contributed by atoms with Crippen LogP contribution in [0.2, 0.25) is 10.0 Å². The molecule has 2 N–H and O–H groups in total. The Bertz CT molecular complexity index is 810. The fourth-order valence-electron chi connectivity index (χ4n) is 1.93. The molecule has 0 saturated carbocycles. The van der Waals surface area contributed by atoms with Crippen molar-refractivity contribution in [3.63, 3.8) is 0 Å². The summed E-state index contributed by atoms with van der Waals surface area (Å²) in [6, 6.07) is 8.65. The summed E-state index contributed by atoms with van der Waals surface area (Å²) in [6.45, 7) is 1.53. The van der Waals surface area contributed by atoms with Crippen LogP contribution in [0.4, 0.5) is 5.69 Å². The van der Waals surface area contributed by atoms with Gasteiger partial charge in [-0.3, -0.25) is 4.79 Å². The van der Waals surface area contributed by atoms with E-state index in [1.165, 1.54) is 38.3 Å². The fourth-order valence-corrected chi connectivity index (χ4v) is 2.38. The van der Waals surface area contributed by atoms with Gasteiger partial charge >= 0.3 is 5.97 Å². The molecular formula is C17H15Cl2NO5. The number of halogens is 2. The average molecular weight is 384 g/mol. The second kappa shape index (κ2) is 8.09. The molecule has 0 heterocycles. The van der Waals surface area contributed by atoms with Crippen LogP contribution in [-0.2, 0) is 9.53 Å². The number of hydrogen-bond acceptors (Lipinski definition) is 5. The van der Waals surface area contributed by atoms with E-state index < -0.39 is 18.0 Å². The molecule has 0 saturated heterocycles. The van der Waals surface area contributed by atoms with Crippen molar-refractivity contribution >= 4 is 40.8 Å². The fraction of sp³-hybridized carbons (Fsp3) is 0.176. The third kappa shape index (κ3) is 4.78. The van der Waals surface area contributed by atoms with Crippen molar-refractivity contribution in [2.45, 2.75) is 13.0 Å². The largest absolute Gasteiger partial charge is 0.506 e. The number of amides is 1. The maximum Gasteiger partial charge on any atom is 0.337 e. The highest BCUT2D eigenvalue weighted by Crippen LogP contribution is 2.29. The van der Waals surface area contributed by atoms with E-state index in [0.717, 1.165) is 0 Å². The zero-order chi connectivity index (χ0) is 18.6. The zero-order valence-electron chi connectivity index (χ0n) is 13.4. The van der Waals surface area contributed by atoms with Gasteiger partial charge in [0.2, 0.25) is 0 Å². The molecule has 0 aliphatic carbocycles. The van der Waals surface area contributed by atoms with E-state index in [1.807, 2.05) is 0 Å². The number of anilines is 1. The number of phenolic OH excluding ortho intramolecular Hbond substituents is 1. The predicted octanol–water partition coefficient (Wildman–Crippen LogP) is 3.89. The number of methoxy groups -OCH3 is 1. The molecule has 132 valence electrons. The van der Waals surface area contributed by atoms with E-state index in [2.05, 4.69) is 10.1 Å². The van der Waals surface area contributed by atoms with Crippen LogP contribution in [0, 0.1) is 0 Å². The summed E-state index contributed by atoms with van der Waals surface area (Å²) in [5.74, 6) is -1.07. The SMILES string of the molecule is COC(=O)c1ccc(NC(=O)C(C)Oc2ccc(Cl)cc2Cl)c(O)c1. The normalized spacial score (nSPS) is 11.5. The summed E-state index contributed by atoms with van der Waals surface area (Å²) < 4.78 is 10.1. The van der Waals surface area contributed by atoms with Crippen LogP contribution in [0.15, 0.2) is 36.4 Å². The lowest BCUT2D eigenvalue weighted by molar-refractivity contribution is -0.122. The van der Waals surface area contributed by atoms with Gasteiger partial charge in [-0.25, -0.2) is 4.79 Å². The summed E-state index contributed by atoms with van der Waals surface area (Å²) in [7, 11) is 1.23.